The first-order chi connectivity index (χ1) is 10.2. The standard InChI is InChI=1S/C17H25N3S/c1-4-21-17-9-5-8-16(15(17)11-18)20(13(2)3)12-14-7-6-10-19-14/h5,8-9,13-14,19H,4,6-7,10,12H2,1-3H3. The van der Waals surface area contributed by atoms with Crippen molar-refractivity contribution in [1.82, 2.24) is 5.32 Å². The van der Waals surface area contributed by atoms with Crippen LogP contribution in [0.25, 0.3) is 0 Å². The molecule has 1 N–H and O–H groups in total. The number of nitrogens with one attached hydrogen (secondary N) is 1. The first-order valence-electron chi connectivity index (χ1n) is 7.83. The molecule has 0 amide bonds. The van der Waals surface area contributed by atoms with E-state index in [1.54, 1.807) is 11.8 Å². The van der Waals surface area contributed by atoms with Crippen molar-refractivity contribution in [3.05, 3.63) is 23.8 Å². The first-order valence-corrected chi connectivity index (χ1v) is 8.81. The number of benzene rings is 1. The number of hydrogen-bond acceptors (Lipinski definition) is 4. The molecule has 114 valence electrons. The molecule has 1 aromatic carbocycles. The predicted octanol–water partition coefficient (Wildman–Crippen LogP) is 3.64. The van der Waals surface area contributed by atoms with Gasteiger partial charge in [0.2, 0.25) is 0 Å². The van der Waals surface area contributed by atoms with Gasteiger partial charge in [-0.1, -0.05) is 13.0 Å². The third-order valence-corrected chi connectivity index (χ3v) is 4.87. The second-order valence-electron chi connectivity index (χ2n) is 5.73. The van der Waals surface area contributed by atoms with E-state index in [2.05, 4.69) is 55.3 Å². The second kappa shape index (κ2) is 7.72. The quantitative estimate of drug-likeness (QED) is 0.814. The topological polar surface area (TPSA) is 39.1 Å². The third-order valence-electron chi connectivity index (χ3n) is 3.93. The minimum atomic E-state index is 0.390. The van der Waals surface area contributed by atoms with Crippen LogP contribution in [-0.4, -0.2) is 30.9 Å². The number of anilines is 1. The Kier molecular flexibility index (Phi) is 5.96. The maximum Gasteiger partial charge on any atom is 0.103 e. The summed E-state index contributed by atoms with van der Waals surface area (Å²) in [5, 5.41) is 13.2. The molecule has 2 rings (SSSR count). The molecule has 0 bridgehead atoms. The van der Waals surface area contributed by atoms with Gasteiger partial charge in [0.25, 0.3) is 0 Å². The van der Waals surface area contributed by atoms with Gasteiger partial charge in [-0.3, -0.25) is 0 Å². The summed E-state index contributed by atoms with van der Waals surface area (Å²) in [4.78, 5) is 3.48. The van der Waals surface area contributed by atoms with E-state index in [0.717, 1.165) is 35.0 Å². The fourth-order valence-electron chi connectivity index (χ4n) is 2.88. The summed E-state index contributed by atoms with van der Waals surface area (Å²) < 4.78 is 0. The van der Waals surface area contributed by atoms with Crippen LogP contribution in [0, 0.1) is 11.3 Å². The van der Waals surface area contributed by atoms with E-state index in [9.17, 15) is 5.26 Å². The van der Waals surface area contributed by atoms with Gasteiger partial charge >= 0.3 is 0 Å². The molecule has 1 aliphatic heterocycles. The number of nitriles is 1. The van der Waals surface area contributed by atoms with Gasteiger partial charge in [0.05, 0.1) is 11.3 Å². The minimum Gasteiger partial charge on any atom is -0.366 e. The van der Waals surface area contributed by atoms with E-state index in [-0.39, 0.29) is 0 Å². The SMILES string of the molecule is CCSc1cccc(N(CC2CCCN2)C(C)C)c1C#N. The van der Waals surface area contributed by atoms with Crippen LogP contribution in [0.2, 0.25) is 0 Å². The van der Waals surface area contributed by atoms with E-state index < -0.39 is 0 Å². The van der Waals surface area contributed by atoms with Crippen LogP contribution in [0.4, 0.5) is 5.69 Å². The Morgan fingerprint density at radius 3 is 2.86 bits per heavy atom. The summed E-state index contributed by atoms with van der Waals surface area (Å²) in [6.07, 6.45) is 2.49. The Labute approximate surface area is 132 Å². The Hall–Kier alpha value is -1.18. The summed E-state index contributed by atoms with van der Waals surface area (Å²) in [7, 11) is 0. The van der Waals surface area contributed by atoms with Crippen LogP contribution in [0.5, 0.6) is 0 Å². The maximum absolute atomic E-state index is 9.61. The average molecular weight is 303 g/mol. The van der Waals surface area contributed by atoms with Crippen LogP contribution in [0.3, 0.4) is 0 Å². The third kappa shape index (κ3) is 3.93. The molecule has 0 radical (unpaired) electrons. The van der Waals surface area contributed by atoms with Crippen LogP contribution in [0.15, 0.2) is 23.1 Å². The Balaban J connectivity index is 2.30. The molecule has 1 saturated heterocycles. The van der Waals surface area contributed by atoms with Crippen molar-refractivity contribution in [3.63, 3.8) is 0 Å². The van der Waals surface area contributed by atoms with E-state index in [1.807, 2.05) is 0 Å². The molecule has 0 aromatic heterocycles. The molecule has 0 spiro atoms. The zero-order valence-corrected chi connectivity index (χ0v) is 14.0. The van der Waals surface area contributed by atoms with Crippen molar-refractivity contribution in [3.8, 4) is 6.07 Å². The van der Waals surface area contributed by atoms with Crippen LogP contribution in [-0.2, 0) is 0 Å². The molecule has 0 saturated carbocycles. The van der Waals surface area contributed by atoms with Crippen molar-refractivity contribution in [1.29, 1.82) is 5.26 Å². The van der Waals surface area contributed by atoms with E-state index in [1.165, 1.54) is 12.8 Å². The molecule has 0 aliphatic carbocycles. The van der Waals surface area contributed by atoms with Gasteiger partial charge in [0.1, 0.15) is 6.07 Å². The summed E-state index contributed by atoms with van der Waals surface area (Å²) in [5.41, 5.74) is 1.91. The highest BCUT2D eigenvalue weighted by Gasteiger charge is 2.22. The molecule has 1 unspecified atom stereocenters. The van der Waals surface area contributed by atoms with E-state index in [0.29, 0.717) is 12.1 Å². The van der Waals surface area contributed by atoms with Gasteiger partial charge in [-0.05, 0) is 51.1 Å². The summed E-state index contributed by atoms with van der Waals surface area (Å²) in [5.74, 6) is 0.990. The highest BCUT2D eigenvalue weighted by atomic mass is 32.2. The summed E-state index contributed by atoms with van der Waals surface area (Å²) in [6, 6.07) is 9.58. The lowest BCUT2D eigenvalue weighted by atomic mass is 10.1. The van der Waals surface area contributed by atoms with E-state index >= 15 is 0 Å². The number of rotatable bonds is 6. The monoisotopic (exact) mass is 303 g/mol. The van der Waals surface area contributed by atoms with Crippen molar-refractivity contribution in [2.45, 2.75) is 50.6 Å². The zero-order valence-electron chi connectivity index (χ0n) is 13.2. The Morgan fingerprint density at radius 1 is 1.48 bits per heavy atom. The van der Waals surface area contributed by atoms with Crippen LogP contribution < -0.4 is 10.2 Å². The lowest BCUT2D eigenvalue weighted by molar-refractivity contribution is 0.552. The molecule has 4 heteroatoms. The van der Waals surface area contributed by atoms with E-state index in [4.69, 9.17) is 0 Å². The number of thioether (sulfide) groups is 1. The highest BCUT2D eigenvalue weighted by Crippen LogP contribution is 2.31. The average Bonchev–Trinajstić information content (AvgIpc) is 2.97. The molecule has 1 aromatic rings. The number of nitrogens with zero attached hydrogens (tertiary/aromatic N) is 2. The summed E-state index contributed by atoms with van der Waals surface area (Å²) in [6.45, 7) is 8.63. The van der Waals surface area contributed by atoms with Gasteiger partial charge in [0, 0.05) is 23.5 Å². The van der Waals surface area contributed by atoms with Gasteiger partial charge in [-0.2, -0.15) is 5.26 Å². The molecule has 1 atom stereocenters. The lowest BCUT2D eigenvalue weighted by Gasteiger charge is -2.32. The van der Waals surface area contributed by atoms with Crippen molar-refractivity contribution < 1.29 is 0 Å². The molecular formula is C17H25N3S. The Bertz CT molecular complexity index is 501. The molecule has 21 heavy (non-hydrogen) atoms. The van der Waals surface area contributed by atoms with Crippen LogP contribution in [0.1, 0.15) is 39.2 Å². The van der Waals surface area contributed by atoms with Gasteiger partial charge in [-0.25, -0.2) is 0 Å². The zero-order chi connectivity index (χ0) is 15.2. The minimum absolute atomic E-state index is 0.390. The number of hydrogen-bond donors (Lipinski definition) is 1. The predicted molar refractivity (Wildman–Crippen MR) is 91.1 cm³/mol. The summed E-state index contributed by atoms with van der Waals surface area (Å²) >= 11 is 1.75. The van der Waals surface area contributed by atoms with Crippen molar-refractivity contribution in [2.75, 3.05) is 23.7 Å². The lowest BCUT2D eigenvalue weighted by Crippen LogP contribution is -2.41. The molecule has 1 fully saturated rings. The fourth-order valence-corrected chi connectivity index (χ4v) is 3.66. The smallest absolute Gasteiger partial charge is 0.103 e. The molecular weight excluding hydrogens is 278 g/mol. The second-order valence-corrected chi connectivity index (χ2v) is 7.04. The molecule has 1 heterocycles. The first kappa shape index (κ1) is 16.2. The normalized spacial score (nSPS) is 18.0. The fraction of sp³-hybridized carbons (Fsp3) is 0.588. The van der Waals surface area contributed by atoms with Crippen molar-refractivity contribution >= 4 is 17.4 Å². The molecule has 3 nitrogen and oxygen atoms in total. The largest absolute Gasteiger partial charge is 0.366 e. The maximum atomic E-state index is 9.61. The van der Waals surface area contributed by atoms with Crippen LogP contribution >= 0.6 is 11.8 Å². The highest BCUT2D eigenvalue weighted by molar-refractivity contribution is 7.99. The molecule has 1 aliphatic rings. The van der Waals surface area contributed by atoms with Gasteiger partial charge in [-0.15, -0.1) is 11.8 Å². The van der Waals surface area contributed by atoms with Gasteiger partial charge in [0.15, 0.2) is 0 Å². The van der Waals surface area contributed by atoms with Crippen molar-refractivity contribution in [2.24, 2.45) is 0 Å². The van der Waals surface area contributed by atoms with Gasteiger partial charge < -0.3 is 10.2 Å². The Morgan fingerprint density at radius 2 is 2.29 bits per heavy atom.